The average Bonchev–Trinajstić information content (AvgIpc) is 3.32. The second-order valence-electron chi connectivity index (χ2n) is 20.2. The van der Waals surface area contributed by atoms with Gasteiger partial charge < -0.3 is 35.2 Å². The summed E-state index contributed by atoms with van der Waals surface area (Å²) in [6.45, 7) is 3.46. The number of rotatable bonds is 50. The monoisotopic (exact) mass is 1000 g/mol. The number of aliphatic hydroxyl groups is 4. The molecule has 1 amide bonds. The zero-order valence-corrected chi connectivity index (χ0v) is 45.0. The highest BCUT2D eigenvalue weighted by molar-refractivity contribution is 7.80. The number of hydrogen-bond donors (Lipinski definition) is 6. The first kappa shape index (κ1) is 65.6. The lowest BCUT2D eigenvalue weighted by atomic mass is 9.99. The Hall–Kier alpha value is -1.42. The van der Waals surface area contributed by atoms with Gasteiger partial charge in [0.2, 0.25) is 5.91 Å². The molecule has 1 fully saturated rings. The molecular weight excluding hydrogens is 895 g/mol. The quantitative estimate of drug-likeness (QED) is 0.0193. The van der Waals surface area contributed by atoms with Crippen LogP contribution in [0.15, 0.2) is 24.3 Å². The van der Waals surface area contributed by atoms with Crippen molar-refractivity contribution < 1.29 is 51.8 Å². The van der Waals surface area contributed by atoms with Crippen molar-refractivity contribution in [2.24, 2.45) is 0 Å². The molecule has 408 valence electrons. The van der Waals surface area contributed by atoms with E-state index in [0.717, 1.165) is 57.8 Å². The predicted molar refractivity (Wildman–Crippen MR) is 282 cm³/mol. The second-order valence-corrected chi connectivity index (χ2v) is 21.3. The van der Waals surface area contributed by atoms with Gasteiger partial charge in [0.05, 0.1) is 25.4 Å². The van der Waals surface area contributed by atoms with Crippen LogP contribution in [-0.4, -0.2) is 95.4 Å². The van der Waals surface area contributed by atoms with Crippen LogP contribution in [0.4, 0.5) is 0 Å². The molecular formula is C56H107NO11S. The SMILES string of the molecule is CCCCCCCCCCC/C=C\C/C=C\CCCCCCCCCCCCCCCCCC(=O)NC(COC1OC(CO)C(O)C(OS(=O)(=O)O)C1O)C(O)CCCCCCCCCCCCC. The molecule has 6 N–H and O–H groups in total. The summed E-state index contributed by atoms with van der Waals surface area (Å²) in [5, 5.41) is 44.9. The Morgan fingerprint density at radius 2 is 0.971 bits per heavy atom. The fourth-order valence-corrected chi connectivity index (χ4v) is 9.82. The third kappa shape index (κ3) is 38.8. The van der Waals surface area contributed by atoms with Crippen LogP contribution in [0.5, 0.6) is 0 Å². The first-order valence-corrected chi connectivity index (χ1v) is 30.1. The van der Waals surface area contributed by atoms with E-state index in [0.29, 0.717) is 12.8 Å². The van der Waals surface area contributed by atoms with Crippen molar-refractivity contribution in [2.45, 2.75) is 314 Å². The van der Waals surface area contributed by atoms with E-state index in [1.54, 1.807) is 0 Å². The molecule has 0 spiro atoms. The van der Waals surface area contributed by atoms with Crippen LogP contribution in [0, 0.1) is 0 Å². The summed E-state index contributed by atoms with van der Waals surface area (Å²) in [5.74, 6) is -0.228. The number of ether oxygens (including phenoxy) is 2. The smallest absolute Gasteiger partial charge is 0.394 e. The number of aliphatic hydroxyl groups excluding tert-OH is 4. The molecule has 69 heavy (non-hydrogen) atoms. The zero-order chi connectivity index (χ0) is 50.5. The highest BCUT2D eigenvalue weighted by Crippen LogP contribution is 2.26. The maximum absolute atomic E-state index is 13.1. The molecule has 13 heteroatoms. The Balaban J connectivity index is 2.23. The van der Waals surface area contributed by atoms with Gasteiger partial charge in [0, 0.05) is 6.42 Å². The van der Waals surface area contributed by atoms with Crippen LogP contribution in [-0.2, 0) is 28.9 Å². The Labute approximate surface area is 422 Å². The third-order valence-corrected chi connectivity index (χ3v) is 14.2. The van der Waals surface area contributed by atoms with Crippen molar-refractivity contribution >= 4 is 16.3 Å². The molecule has 1 saturated heterocycles. The molecule has 12 nitrogen and oxygen atoms in total. The van der Waals surface area contributed by atoms with Crippen molar-refractivity contribution in [1.82, 2.24) is 5.32 Å². The highest BCUT2D eigenvalue weighted by atomic mass is 32.3. The van der Waals surface area contributed by atoms with Crippen molar-refractivity contribution in [3.63, 3.8) is 0 Å². The average molecular weight is 1000 g/mol. The van der Waals surface area contributed by atoms with Gasteiger partial charge in [-0.15, -0.1) is 0 Å². The van der Waals surface area contributed by atoms with Crippen LogP contribution in [0.25, 0.3) is 0 Å². The number of carbonyl (C=O) groups excluding carboxylic acids is 1. The van der Waals surface area contributed by atoms with E-state index >= 15 is 0 Å². The molecule has 1 rings (SSSR count). The van der Waals surface area contributed by atoms with E-state index in [4.69, 9.17) is 9.47 Å². The van der Waals surface area contributed by atoms with Crippen molar-refractivity contribution in [3.8, 4) is 0 Å². The van der Waals surface area contributed by atoms with E-state index in [-0.39, 0.29) is 12.5 Å². The van der Waals surface area contributed by atoms with Gasteiger partial charge >= 0.3 is 10.4 Å². The summed E-state index contributed by atoms with van der Waals surface area (Å²) in [7, 11) is -5.08. The first-order valence-electron chi connectivity index (χ1n) is 28.7. The van der Waals surface area contributed by atoms with Gasteiger partial charge in [-0.25, -0.2) is 4.18 Å². The minimum Gasteiger partial charge on any atom is -0.394 e. The van der Waals surface area contributed by atoms with Gasteiger partial charge in [-0.3, -0.25) is 9.35 Å². The lowest BCUT2D eigenvalue weighted by Gasteiger charge is -2.41. The molecule has 0 saturated carbocycles. The lowest BCUT2D eigenvalue weighted by Crippen LogP contribution is -2.61. The molecule has 7 atom stereocenters. The third-order valence-electron chi connectivity index (χ3n) is 13.8. The van der Waals surface area contributed by atoms with Gasteiger partial charge in [-0.05, 0) is 44.9 Å². The molecule has 1 heterocycles. The Bertz CT molecular complexity index is 1320. The van der Waals surface area contributed by atoms with Crippen molar-refractivity contribution in [1.29, 1.82) is 0 Å². The fraction of sp³-hybridized carbons (Fsp3) is 0.911. The predicted octanol–water partition coefficient (Wildman–Crippen LogP) is 13.2. The summed E-state index contributed by atoms with van der Waals surface area (Å²) >= 11 is 0. The molecule has 0 aromatic heterocycles. The lowest BCUT2D eigenvalue weighted by molar-refractivity contribution is -0.298. The van der Waals surface area contributed by atoms with Crippen LogP contribution in [0.1, 0.15) is 271 Å². The van der Waals surface area contributed by atoms with Crippen molar-refractivity contribution in [2.75, 3.05) is 13.2 Å². The number of nitrogens with one attached hydrogen (secondary N) is 1. The molecule has 0 radical (unpaired) electrons. The minimum absolute atomic E-state index is 0.228. The molecule has 1 aliphatic heterocycles. The maximum atomic E-state index is 13.1. The van der Waals surface area contributed by atoms with Gasteiger partial charge in [0.15, 0.2) is 6.29 Å². The standard InChI is InChI=1S/C56H107NO11S/c1-3-5-7-9-11-13-15-16-17-18-19-20-21-22-23-24-25-26-27-28-29-30-31-32-33-34-36-38-40-42-44-46-52(60)57-49(50(59)45-43-41-39-37-35-14-12-10-8-6-4-2)48-66-56-54(62)55(68-69(63,64)65)53(61)51(47-58)67-56/h19-20,22-23,49-51,53-56,58-59,61-62H,3-18,21,24-48H2,1-2H3,(H,57,60)(H,63,64,65)/b20-19-,23-22-. The highest BCUT2D eigenvalue weighted by Gasteiger charge is 2.48. The van der Waals surface area contributed by atoms with Gasteiger partial charge in [-0.2, -0.15) is 8.42 Å². The first-order chi connectivity index (χ1) is 33.5. The van der Waals surface area contributed by atoms with Crippen LogP contribution >= 0.6 is 0 Å². The zero-order valence-electron chi connectivity index (χ0n) is 44.1. The van der Waals surface area contributed by atoms with Gasteiger partial charge in [0.25, 0.3) is 0 Å². The topological polar surface area (TPSA) is 192 Å². The number of unbranched alkanes of at least 4 members (excludes halogenated alkanes) is 34. The van der Waals surface area contributed by atoms with E-state index in [1.807, 2.05) is 0 Å². The van der Waals surface area contributed by atoms with E-state index in [2.05, 4.69) is 47.7 Å². The van der Waals surface area contributed by atoms with E-state index in [1.165, 1.54) is 186 Å². The number of carbonyl (C=O) groups is 1. The number of amides is 1. The number of hydrogen-bond acceptors (Lipinski definition) is 10. The maximum Gasteiger partial charge on any atom is 0.397 e. The molecule has 0 aromatic carbocycles. The van der Waals surface area contributed by atoms with Crippen LogP contribution in [0.3, 0.4) is 0 Å². The normalized spacial score (nSPS) is 19.8. The summed E-state index contributed by atoms with van der Waals surface area (Å²) in [6, 6.07) is -0.855. The summed E-state index contributed by atoms with van der Waals surface area (Å²) in [6.07, 6.45) is 47.8. The second kappa shape index (κ2) is 46.4. The fourth-order valence-electron chi connectivity index (χ4n) is 9.32. The molecule has 1 aliphatic rings. The molecule has 0 aromatic rings. The Kier molecular flexibility index (Phi) is 44.1. The van der Waals surface area contributed by atoms with Gasteiger partial charge in [0.1, 0.15) is 24.4 Å². The summed E-state index contributed by atoms with van der Waals surface area (Å²) < 4.78 is 47.8. The molecule has 0 bridgehead atoms. The molecule has 7 unspecified atom stereocenters. The largest absolute Gasteiger partial charge is 0.397 e. The minimum atomic E-state index is -5.08. The van der Waals surface area contributed by atoms with Gasteiger partial charge in [-0.1, -0.05) is 244 Å². The van der Waals surface area contributed by atoms with Crippen LogP contribution in [0.2, 0.25) is 0 Å². The van der Waals surface area contributed by atoms with Crippen LogP contribution < -0.4 is 5.32 Å². The number of allylic oxidation sites excluding steroid dienone is 4. The molecule has 0 aliphatic carbocycles. The Morgan fingerprint density at radius 3 is 1.38 bits per heavy atom. The summed E-state index contributed by atoms with van der Waals surface area (Å²) in [5.41, 5.74) is 0. The van der Waals surface area contributed by atoms with Crippen molar-refractivity contribution in [3.05, 3.63) is 24.3 Å². The summed E-state index contributed by atoms with van der Waals surface area (Å²) in [4.78, 5) is 13.1. The van der Waals surface area contributed by atoms with E-state index in [9.17, 15) is 38.2 Å². The van der Waals surface area contributed by atoms with E-state index < -0.39 is 59.9 Å². The Morgan fingerprint density at radius 1 is 0.580 bits per heavy atom.